The summed E-state index contributed by atoms with van der Waals surface area (Å²) in [6.45, 7) is 2.48. The fourth-order valence-corrected chi connectivity index (χ4v) is 3.70. The molecule has 0 bridgehead atoms. The van der Waals surface area contributed by atoms with Crippen LogP contribution in [0.25, 0.3) is 33.4 Å². The van der Waals surface area contributed by atoms with Gasteiger partial charge in [0, 0.05) is 46.9 Å². The molecule has 34 heavy (non-hydrogen) atoms. The van der Waals surface area contributed by atoms with E-state index in [0.29, 0.717) is 29.8 Å². The summed E-state index contributed by atoms with van der Waals surface area (Å²) in [5.74, 6) is 1.17. The summed E-state index contributed by atoms with van der Waals surface area (Å²) >= 11 is 5.99. The minimum atomic E-state index is -0.485. The predicted molar refractivity (Wildman–Crippen MR) is 132 cm³/mol. The van der Waals surface area contributed by atoms with E-state index < -0.39 is 5.82 Å². The highest BCUT2D eigenvalue weighted by atomic mass is 35.5. The second kappa shape index (κ2) is 9.41. The third kappa shape index (κ3) is 4.51. The zero-order valence-electron chi connectivity index (χ0n) is 18.2. The molecular formula is C26H19ClFN5O. The van der Waals surface area contributed by atoms with Crippen molar-refractivity contribution in [2.75, 3.05) is 11.9 Å². The number of hydrogen-bond donors (Lipinski definition) is 1. The van der Waals surface area contributed by atoms with Gasteiger partial charge in [0.15, 0.2) is 5.82 Å². The standard InChI is InChI=1S/C26H19ClFN5O/c1-2-34-24-10-6-17(15-30-24)16-5-9-23-20(12-16)26(31-19-7-8-22(28)21(27)13-19)33-25(32-23)18-4-3-11-29-14-18/h3-15H,2H2,1H3,(H,31,32,33). The van der Waals surface area contributed by atoms with Crippen LogP contribution in [0.3, 0.4) is 0 Å². The Hall–Kier alpha value is -4.10. The molecule has 0 aliphatic carbocycles. The van der Waals surface area contributed by atoms with Crippen LogP contribution in [0.5, 0.6) is 5.88 Å². The average Bonchev–Trinajstić information content (AvgIpc) is 2.87. The van der Waals surface area contributed by atoms with E-state index >= 15 is 0 Å². The second-order valence-electron chi connectivity index (χ2n) is 7.44. The number of benzene rings is 2. The highest BCUT2D eigenvalue weighted by molar-refractivity contribution is 6.31. The lowest BCUT2D eigenvalue weighted by atomic mass is 10.0. The van der Waals surface area contributed by atoms with E-state index in [4.69, 9.17) is 26.3 Å². The molecule has 0 radical (unpaired) electrons. The fraction of sp³-hybridized carbons (Fsp3) is 0.0769. The van der Waals surface area contributed by atoms with Gasteiger partial charge >= 0.3 is 0 Å². The molecule has 3 heterocycles. The number of ether oxygens (including phenoxy) is 1. The first-order valence-electron chi connectivity index (χ1n) is 10.6. The predicted octanol–water partition coefficient (Wildman–Crippen LogP) is 6.69. The fourth-order valence-electron chi connectivity index (χ4n) is 3.52. The lowest BCUT2D eigenvalue weighted by molar-refractivity contribution is 0.327. The lowest BCUT2D eigenvalue weighted by Gasteiger charge is -2.13. The third-order valence-corrected chi connectivity index (χ3v) is 5.45. The van der Waals surface area contributed by atoms with Gasteiger partial charge in [-0.25, -0.2) is 19.3 Å². The summed E-state index contributed by atoms with van der Waals surface area (Å²) in [4.78, 5) is 18.0. The van der Waals surface area contributed by atoms with Crippen LogP contribution in [0.15, 0.2) is 79.3 Å². The van der Waals surface area contributed by atoms with Crippen LogP contribution >= 0.6 is 11.6 Å². The van der Waals surface area contributed by atoms with Crippen LogP contribution < -0.4 is 10.1 Å². The Bertz CT molecular complexity index is 1460. The van der Waals surface area contributed by atoms with Crippen molar-refractivity contribution >= 4 is 34.0 Å². The van der Waals surface area contributed by atoms with Crippen LogP contribution in [0.1, 0.15) is 6.92 Å². The highest BCUT2D eigenvalue weighted by Gasteiger charge is 2.13. The quantitative estimate of drug-likeness (QED) is 0.297. The Morgan fingerprint density at radius 2 is 1.82 bits per heavy atom. The molecule has 0 unspecified atom stereocenters. The summed E-state index contributed by atoms with van der Waals surface area (Å²) in [5, 5.41) is 4.09. The number of aromatic nitrogens is 4. The Morgan fingerprint density at radius 3 is 2.56 bits per heavy atom. The first kappa shape index (κ1) is 21.7. The first-order chi connectivity index (χ1) is 16.6. The van der Waals surface area contributed by atoms with E-state index in [1.807, 2.05) is 49.4 Å². The first-order valence-corrected chi connectivity index (χ1v) is 11.0. The lowest BCUT2D eigenvalue weighted by Crippen LogP contribution is -2.00. The van der Waals surface area contributed by atoms with Crippen molar-refractivity contribution in [2.45, 2.75) is 6.92 Å². The Labute approximate surface area is 200 Å². The zero-order valence-corrected chi connectivity index (χ0v) is 18.9. The molecule has 0 amide bonds. The summed E-state index contributed by atoms with van der Waals surface area (Å²) in [7, 11) is 0. The van der Waals surface area contributed by atoms with Gasteiger partial charge in [0.25, 0.3) is 0 Å². The maximum absolute atomic E-state index is 13.7. The molecule has 0 fully saturated rings. The summed E-state index contributed by atoms with van der Waals surface area (Å²) in [6, 6.07) is 17.9. The summed E-state index contributed by atoms with van der Waals surface area (Å²) in [6.07, 6.45) is 5.17. The van der Waals surface area contributed by atoms with Crippen molar-refractivity contribution < 1.29 is 9.13 Å². The Morgan fingerprint density at radius 1 is 0.941 bits per heavy atom. The number of pyridine rings is 2. The van der Waals surface area contributed by atoms with Crippen LogP contribution in [0, 0.1) is 5.82 Å². The smallest absolute Gasteiger partial charge is 0.213 e. The molecule has 2 aromatic carbocycles. The molecule has 0 saturated heterocycles. The Balaban J connectivity index is 1.62. The van der Waals surface area contributed by atoms with Gasteiger partial charge in [0.2, 0.25) is 5.88 Å². The largest absolute Gasteiger partial charge is 0.478 e. The van der Waals surface area contributed by atoms with Crippen molar-refractivity contribution in [3.8, 4) is 28.4 Å². The van der Waals surface area contributed by atoms with Gasteiger partial charge in [-0.3, -0.25) is 4.98 Å². The number of halogens is 2. The molecule has 3 aromatic heterocycles. The molecule has 0 aliphatic rings. The number of fused-ring (bicyclic) bond motifs is 1. The molecule has 1 N–H and O–H groups in total. The van der Waals surface area contributed by atoms with Crippen molar-refractivity contribution in [1.29, 1.82) is 0 Å². The van der Waals surface area contributed by atoms with Crippen molar-refractivity contribution in [3.05, 3.63) is 90.1 Å². The van der Waals surface area contributed by atoms with Crippen molar-refractivity contribution in [1.82, 2.24) is 19.9 Å². The third-order valence-electron chi connectivity index (χ3n) is 5.16. The summed E-state index contributed by atoms with van der Waals surface area (Å²) < 4.78 is 19.1. The molecular weight excluding hydrogens is 453 g/mol. The molecule has 6 nitrogen and oxygen atoms in total. The van der Waals surface area contributed by atoms with Crippen molar-refractivity contribution in [2.24, 2.45) is 0 Å². The zero-order chi connectivity index (χ0) is 23.5. The molecule has 0 spiro atoms. The van der Waals surface area contributed by atoms with Crippen LogP contribution in [0.4, 0.5) is 15.9 Å². The minimum Gasteiger partial charge on any atom is -0.478 e. The van der Waals surface area contributed by atoms with Gasteiger partial charge in [0.1, 0.15) is 11.6 Å². The van der Waals surface area contributed by atoms with E-state index in [9.17, 15) is 4.39 Å². The average molecular weight is 472 g/mol. The van der Waals surface area contributed by atoms with E-state index in [1.54, 1.807) is 24.7 Å². The van der Waals surface area contributed by atoms with Crippen LogP contribution in [0.2, 0.25) is 5.02 Å². The topological polar surface area (TPSA) is 72.8 Å². The van der Waals surface area contributed by atoms with Gasteiger partial charge < -0.3 is 10.1 Å². The van der Waals surface area contributed by atoms with E-state index in [1.165, 1.54) is 12.1 Å². The molecule has 8 heteroatoms. The molecule has 5 aromatic rings. The SMILES string of the molecule is CCOc1ccc(-c2ccc3nc(-c4cccnc4)nc(Nc4ccc(F)c(Cl)c4)c3c2)cn1. The minimum absolute atomic E-state index is 0.0250. The number of anilines is 2. The van der Waals surface area contributed by atoms with E-state index in [-0.39, 0.29) is 5.02 Å². The second-order valence-corrected chi connectivity index (χ2v) is 7.85. The normalized spacial score (nSPS) is 10.9. The van der Waals surface area contributed by atoms with Gasteiger partial charge in [-0.15, -0.1) is 0 Å². The van der Waals surface area contributed by atoms with Gasteiger partial charge in [-0.2, -0.15) is 0 Å². The van der Waals surface area contributed by atoms with Crippen LogP contribution in [-0.2, 0) is 0 Å². The monoisotopic (exact) mass is 471 g/mol. The molecule has 168 valence electrons. The van der Waals surface area contributed by atoms with Crippen LogP contribution in [-0.4, -0.2) is 26.5 Å². The molecule has 5 rings (SSSR count). The maximum atomic E-state index is 13.7. The highest BCUT2D eigenvalue weighted by Crippen LogP contribution is 2.32. The summed E-state index contributed by atoms with van der Waals surface area (Å²) in [5.41, 5.74) is 4.01. The van der Waals surface area contributed by atoms with Gasteiger partial charge in [0.05, 0.1) is 17.1 Å². The van der Waals surface area contributed by atoms with Crippen molar-refractivity contribution in [3.63, 3.8) is 0 Å². The Kier molecular flexibility index (Phi) is 6.01. The number of nitrogens with zero attached hydrogens (tertiary/aromatic N) is 4. The molecule has 0 atom stereocenters. The van der Waals surface area contributed by atoms with E-state index in [2.05, 4.69) is 15.3 Å². The van der Waals surface area contributed by atoms with E-state index in [0.717, 1.165) is 27.6 Å². The molecule has 0 aliphatic heterocycles. The van der Waals surface area contributed by atoms with Gasteiger partial charge in [-0.1, -0.05) is 17.7 Å². The number of nitrogens with one attached hydrogen (secondary N) is 1. The number of hydrogen-bond acceptors (Lipinski definition) is 6. The van der Waals surface area contributed by atoms with Gasteiger partial charge in [-0.05, 0) is 61.0 Å². The molecule has 0 saturated carbocycles. The number of rotatable bonds is 6. The maximum Gasteiger partial charge on any atom is 0.213 e.